The van der Waals surface area contributed by atoms with Crippen molar-refractivity contribution in [3.05, 3.63) is 96.6 Å². The highest BCUT2D eigenvalue weighted by molar-refractivity contribution is 6.77. The van der Waals surface area contributed by atoms with Crippen LogP contribution >= 0.6 is 0 Å². The molecule has 3 rings (SSSR count). The summed E-state index contributed by atoms with van der Waals surface area (Å²) in [5.41, 5.74) is 2.64. The Morgan fingerprint density at radius 3 is 2.15 bits per heavy atom. The molecule has 0 heterocycles. The van der Waals surface area contributed by atoms with Crippen LogP contribution in [0.5, 0.6) is 0 Å². The van der Waals surface area contributed by atoms with E-state index in [1.54, 1.807) is 0 Å². The average Bonchev–Trinajstić information content (AvgIpc) is 2.64. The third-order valence-corrected chi connectivity index (χ3v) is 6.76. The van der Waals surface area contributed by atoms with Crippen molar-refractivity contribution in [2.45, 2.75) is 37.9 Å². The normalized spacial score (nSPS) is 14.1. The van der Waals surface area contributed by atoms with Gasteiger partial charge in [-0.1, -0.05) is 92.4 Å². The molecule has 0 N–H and O–H groups in total. The second-order valence-corrected chi connectivity index (χ2v) is 13.2. The molecule has 2 heteroatoms. The first-order valence-corrected chi connectivity index (χ1v) is 12.9. The number of ether oxygens (including phenoxy) is 1. The first-order chi connectivity index (χ1) is 12.5. The van der Waals surface area contributed by atoms with Crippen LogP contribution in [0.3, 0.4) is 0 Å². The molecule has 0 aliphatic rings. The van der Waals surface area contributed by atoms with Crippen LogP contribution in [0.15, 0.2) is 85.5 Å². The summed E-state index contributed by atoms with van der Waals surface area (Å²) in [4.78, 5) is 0. The summed E-state index contributed by atoms with van der Waals surface area (Å²) in [5, 5.41) is 2.55. The second kappa shape index (κ2) is 8.03. The molecule has 134 valence electrons. The number of fused-ring (bicyclic) bond motifs is 1. The lowest BCUT2D eigenvalue weighted by atomic mass is 10.1. The lowest BCUT2D eigenvalue weighted by Crippen LogP contribution is -2.34. The highest BCUT2D eigenvalue weighted by atomic mass is 28.3. The first-order valence-electron chi connectivity index (χ1n) is 9.29. The molecule has 0 bridgehead atoms. The van der Waals surface area contributed by atoms with Crippen molar-refractivity contribution >= 4 is 18.8 Å². The minimum absolute atomic E-state index is 0.0388. The van der Waals surface area contributed by atoms with Gasteiger partial charge in [0.05, 0.1) is 19.9 Å². The number of benzene rings is 3. The van der Waals surface area contributed by atoms with Gasteiger partial charge in [0.25, 0.3) is 0 Å². The molecule has 2 atom stereocenters. The number of hydrogen-bond acceptors (Lipinski definition) is 1. The van der Waals surface area contributed by atoms with E-state index in [0.29, 0.717) is 0 Å². The van der Waals surface area contributed by atoms with Crippen LogP contribution in [0.1, 0.15) is 29.4 Å². The van der Waals surface area contributed by atoms with Crippen molar-refractivity contribution in [3.8, 4) is 0 Å². The Labute approximate surface area is 158 Å². The third-order valence-electron chi connectivity index (χ3n) is 4.72. The summed E-state index contributed by atoms with van der Waals surface area (Å²) in [6.07, 6.45) is 2.81. The van der Waals surface area contributed by atoms with Crippen LogP contribution in [-0.4, -0.2) is 8.07 Å². The monoisotopic (exact) mass is 360 g/mol. The fourth-order valence-electron chi connectivity index (χ4n) is 3.41. The number of rotatable bonds is 7. The van der Waals surface area contributed by atoms with E-state index in [9.17, 15) is 0 Å². The molecule has 1 nitrogen and oxygen atoms in total. The molecule has 0 aromatic heterocycles. The van der Waals surface area contributed by atoms with Crippen molar-refractivity contribution in [1.82, 2.24) is 0 Å². The fourth-order valence-corrected chi connectivity index (χ4v) is 5.16. The van der Waals surface area contributed by atoms with E-state index in [4.69, 9.17) is 4.74 Å². The van der Waals surface area contributed by atoms with Gasteiger partial charge in [0.1, 0.15) is 0 Å². The Morgan fingerprint density at radius 2 is 1.50 bits per heavy atom. The maximum Gasteiger partial charge on any atom is 0.0863 e. The lowest BCUT2D eigenvalue weighted by Gasteiger charge is -2.33. The van der Waals surface area contributed by atoms with Crippen LogP contribution in [0.25, 0.3) is 10.8 Å². The van der Waals surface area contributed by atoms with Crippen molar-refractivity contribution in [2.24, 2.45) is 0 Å². The van der Waals surface area contributed by atoms with Gasteiger partial charge in [-0.15, -0.1) is 6.58 Å². The van der Waals surface area contributed by atoms with Crippen molar-refractivity contribution in [2.75, 3.05) is 0 Å². The molecule has 0 aliphatic heterocycles. The van der Waals surface area contributed by atoms with Gasteiger partial charge in [0.2, 0.25) is 0 Å². The van der Waals surface area contributed by atoms with Crippen molar-refractivity contribution < 1.29 is 4.74 Å². The molecule has 3 aromatic rings. The summed E-state index contributed by atoms with van der Waals surface area (Å²) in [7, 11) is -1.60. The minimum Gasteiger partial charge on any atom is -0.369 e. The molecule has 0 aliphatic carbocycles. The van der Waals surface area contributed by atoms with Crippen LogP contribution in [0, 0.1) is 0 Å². The molecule has 0 saturated carbocycles. The SMILES string of the molecule is C=CC[C@H](O[C@H](c1ccc2ccccc2c1)[Si](C)(C)C)c1ccccc1. The van der Waals surface area contributed by atoms with Gasteiger partial charge in [-0.25, -0.2) is 0 Å². The predicted molar refractivity (Wildman–Crippen MR) is 115 cm³/mol. The van der Waals surface area contributed by atoms with Crippen molar-refractivity contribution in [1.29, 1.82) is 0 Å². The second-order valence-electron chi connectivity index (χ2n) is 7.91. The van der Waals surface area contributed by atoms with E-state index in [2.05, 4.69) is 93.0 Å². The predicted octanol–water partition coefficient (Wildman–Crippen LogP) is 7.09. The van der Waals surface area contributed by atoms with Crippen LogP contribution < -0.4 is 0 Å². The third kappa shape index (κ3) is 4.32. The Balaban J connectivity index is 1.97. The van der Waals surface area contributed by atoms with Gasteiger partial charge < -0.3 is 4.74 Å². The van der Waals surface area contributed by atoms with Gasteiger partial charge in [0, 0.05) is 0 Å². The van der Waals surface area contributed by atoms with E-state index in [1.807, 2.05) is 12.1 Å². The van der Waals surface area contributed by atoms with Gasteiger partial charge in [-0.2, -0.15) is 0 Å². The molecule has 0 unspecified atom stereocenters. The highest BCUT2D eigenvalue weighted by Gasteiger charge is 2.32. The van der Waals surface area contributed by atoms with E-state index >= 15 is 0 Å². The molecule has 0 saturated heterocycles. The largest absolute Gasteiger partial charge is 0.369 e. The zero-order chi connectivity index (χ0) is 18.6. The Kier molecular flexibility index (Phi) is 5.75. The number of hydrogen-bond donors (Lipinski definition) is 0. The van der Waals surface area contributed by atoms with Gasteiger partial charge in [-0.3, -0.25) is 0 Å². The lowest BCUT2D eigenvalue weighted by molar-refractivity contribution is 0.0249. The summed E-state index contributed by atoms with van der Waals surface area (Å²) in [6.45, 7) is 11.1. The van der Waals surface area contributed by atoms with E-state index in [1.165, 1.54) is 21.9 Å². The van der Waals surface area contributed by atoms with E-state index < -0.39 is 8.07 Å². The van der Waals surface area contributed by atoms with Gasteiger partial charge >= 0.3 is 0 Å². The van der Waals surface area contributed by atoms with E-state index in [0.717, 1.165) is 6.42 Å². The zero-order valence-electron chi connectivity index (χ0n) is 16.0. The maximum absolute atomic E-state index is 6.77. The summed E-state index contributed by atoms with van der Waals surface area (Å²) >= 11 is 0. The molecular formula is C24H28OSi. The van der Waals surface area contributed by atoms with Crippen LogP contribution in [-0.2, 0) is 4.74 Å². The highest BCUT2D eigenvalue weighted by Crippen LogP contribution is 2.36. The standard InChI is InChI=1S/C24H28OSi/c1-5-11-23(20-13-7-6-8-14-20)25-24(26(2,3)4)22-17-16-19-12-9-10-15-21(19)18-22/h5-10,12-18,23-24H,1,11H2,2-4H3/t23-,24-/m0/s1. The molecule has 0 amide bonds. The molecule has 0 spiro atoms. The van der Waals surface area contributed by atoms with E-state index in [-0.39, 0.29) is 11.8 Å². The quantitative estimate of drug-likeness (QED) is 0.323. The van der Waals surface area contributed by atoms with Crippen LogP contribution in [0.4, 0.5) is 0 Å². The summed E-state index contributed by atoms with van der Waals surface area (Å²) < 4.78 is 6.77. The smallest absolute Gasteiger partial charge is 0.0863 e. The molecule has 0 fully saturated rings. The molecule has 26 heavy (non-hydrogen) atoms. The van der Waals surface area contributed by atoms with Gasteiger partial charge in [-0.05, 0) is 34.4 Å². The Bertz CT molecular complexity index is 864. The Hall–Kier alpha value is -2.16. The zero-order valence-corrected chi connectivity index (χ0v) is 17.0. The fraction of sp³-hybridized carbons (Fsp3) is 0.250. The first kappa shape index (κ1) is 18.6. The molecular weight excluding hydrogens is 332 g/mol. The summed E-state index contributed by atoms with van der Waals surface area (Å²) in [5.74, 6) is 0. The topological polar surface area (TPSA) is 9.23 Å². The molecule has 3 aromatic carbocycles. The summed E-state index contributed by atoms with van der Waals surface area (Å²) in [6, 6.07) is 25.8. The maximum atomic E-state index is 6.77. The van der Waals surface area contributed by atoms with Crippen molar-refractivity contribution in [3.63, 3.8) is 0 Å². The van der Waals surface area contributed by atoms with Gasteiger partial charge in [0.15, 0.2) is 0 Å². The Morgan fingerprint density at radius 1 is 0.846 bits per heavy atom. The minimum atomic E-state index is -1.60. The average molecular weight is 361 g/mol. The van der Waals surface area contributed by atoms with Crippen LogP contribution in [0.2, 0.25) is 19.6 Å². The molecule has 0 radical (unpaired) electrons.